The van der Waals surface area contributed by atoms with Crippen LogP contribution in [0.1, 0.15) is 15.9 Å². The van der Waals surface area contributed by atoms with Crippen LogP contribution in [0.25, 0.3) is 0 Å². The van der Waals surface area contributed by atoms with Gasteiger partial charge in [0.1, 0.15) is 0 Å². The molecule has 0 saturated heterocycles. The Labute approximate surface area is 111 Å². The molecule has 0 radical (unpaired) electrons. The van der Waals surface area contributed by atoms with Crippen molar-refractivity contribution in [2.24, 2.45) is 0 Å². The van der Waals surface area contributed by atoms with E-state index in [2.05, 4.69) is 10.9 Å². The van der Waals surface area contributed by atoms with Gasteiger partial charge < -0.3 is 0 Å². The minimum absolute atomic E-state index is 0.263. The number of aryl methyl sites for hydroxylation is 1. The summed E-state index contributed by atoms with van der Waals surface area (Å²) in [5.74, 6) is -0.263. The van der Waals surface area contributed by atoms with E-state index < -0.39 is 0 Å². The monoisotopic (exact) mass is 260 g/mol. The third-order valence-electron chi connectivity index (χ3n) is 2.49. The summed E-state index contributed by atoms with van der Waals surface area (Å²) in [5, 5.41) is 0.431. The zero-order valence-corrected chi connectivity index (χ0v) is 10.7. The van der Waals surface area contributed by atoms with Crippen LogP contribution in [-0.4, -0.2) is 5.91 Å². The van der Waals surface area contributed by atoms with Crippen molar-refractivity contribution in [3.63, 3.8) is 0 Å². The molecule has 0 saturated carbocycles. The summed E-state index contributed by atoms with van der Waals surface area (Å²) in [5.41, 5.74) is 7.87. The Morgan fingerprint density at radius 1 is 1.06 bits per heavy atom. The molecular formula is C14H13ClN2O. The van der Waals surface area contributed by atoms with Crippen LogP contribution in [0.4, 0.5) is 5.69 Å². The molecule has 0 aromatic heterocycles. The lowest BCUT2D eigenvalue weighted by Crippen LogP contribution is -2.29. The fourth-order valence-corrected chi connectivity index (χ4v) is 1.70. The first kappa shape index (κ1) is 12.5. The van der Waals surface area contributed by atoms with E-state index >= 15 is 0 Å². The van der Waals surface area contributed by atoms with Gasteiger partial charge in [-0.2, -0.15) is 0 Å². The SMILES string of the molecule is Cc1ccc(NNC(=O)c2ccccc2Cl)cc1. The second-order valence-electron chi connectivity index (χ2n) is 3.92. The van der Waals surface area contributed by atoms with Gasteiger partial charge in [-0.3, -0.25) is 15.6 Å². The third-order valence-corrected chi connectivity index (χ3v) is 2.82. The van der Waals surface area contributed by atoms with Gasteiger partial charge in [0.05, 0.1) is 16.3 Å². The minimum Gasteiger partial charge on any atom is -0.298 e. The first-order chi connectivity index (χ1) is 8.66. The number of hydrogen-bond donors (Lipinski definition) is 2. The Kier molecular flexibility index (Phi) is 3.85. The number of carbonyl (C=O) groups excluding carboxylic acids is 1. The Morgan fingerprint density at radius 3 is 2.39 bits per heavy atom. The summed E-state index contributed by atoms with van der Waals surface area (Å²) in [6.07, 6.45) is 0. The molecule has 0 aliphatic rings. The van der Waals surface area contributed by atoms with E-state index in [1.54, 1.807) is 24.3 Å². The molecule has 2 rings (SSSR count). The minimum atomic E-state index is -0.263. The summed E-state index contributed by atoms with van der Waals surface area (Å²) in [4.78, 5) is 11.8. The zero-order chi connectivity index (χ0) is 13.0. The summed E-state index contributed by atoms with van der Waals surface area (Å²) in [6.45, 7) is 2.01. The van der Waals surface area contributed by atoms with Crippen molar-refractivity contribution in [2.75, 3.05) is 5.43 Å². The predicted octanol–water partition coefficient (Wildman–Crippen LogP) is 3.41. The topological polar surface area (TPSA) is 41.1 Å². The van der Waals surface area contributed by atoms with Gasteiger partial charge >= 0.3 is 0 Å². The number of halogens is 1. The number of nitrogens with one attached hydrogen (secondary N) is 2. The van der Waals surface area contributed by atoms with Crippen LogP contribution in [0.15, 0.2) is 48.5 Å². The van der Waals surface area contributed by atoms with Crippen LogP contribution in [0.2, 0.25) is 5.02 Å². The molecule has 0 heterocycles. The van der Waals surface area contributed by atoms with Gasteiger partial charge in [-0.1, -0.05) is 41.4 Å². The van der Waals surface area contributed by atoms with Gasteiger partial charge in [0, 0.05) is 0 Å². The number of amides is 1. The lowest BCUT2D eigenvalue weighted by Gasteiger charge is -2.09. The van der Waals surface area contributed by atoms with Crippen LogP contribution in [0.5, 0.6) is 0 Å². The van der Waals surface area contributed by atoms with E-state index in [1.165, 1.54) is 0 Å². The molecule has 0 atom stereocenters. The van der Waals surface area contributed by atoms with Crippen LogP contribution in [0.3, 0.4) is 0 Å². The highest BCUT2D eigenvalue weighted by Crippen LogP contribution is 2.14. The summed E-state index contributed by atoms with van der Waals surface area (Å²) < 4.78 is 0. The Bertz CT molecular complexity index is 552. The van der Waals surface area contributed by atoms with Crippen molar-refractivity contribution in [3.05, 3.63) is 64.7 Å². The maximum atomic E-state index is 11.8. The van der Waals surface area contributed by atoms with Crippen molar-refractivity contribution in [1.82, 2.24) is 5.43 Å². The van der Waals surface area contributed by atoms with Gasteiger partial charge in [0.2, 0.25) is 0 Å². The first-order valence-electron chi connectivity index (χ1n) is 5.54. The molecule has 92 valence electrons. The number of rotatable bonds is 3. The molecule has 2 aromatic rings. The highest BCUT2D eigenvalue weighted by molar-refractivity contribution is 6.33. The summed E-state index contributed by atoms with van der Waals surface area (Å²) >= 11 is 5.93. The van der Waals surface area contributed by atoms with Crippen molar-refractivity contribution >= 4 is 23.2 Å². The molecule has 0 aliphatic heterocycles. The van der Waals surface area contributed by atoms with Gasteiger partial charge in [0.25, 0.3) is 5.91 Å². The maximum absolute atomic E-state index is 11.8. The van der Waals surface area contributed by atoms with Crippen molar-refractivity contribution in [3.8, 4) is 0 Å². The largest absolute Gasteiger partial charge is 0.298 e. The molecule has 2 aromatic carbocycles. The summed E-state index contributed by atoms with van der Waals surface area (Å²) in [6, 6.07) is 14.6. The number of hydrogen-bond acceptors (Lipinski definition) is 2. The second kappa shape index (κ2) is 5.56. The smallest absolute Gasteiger partial charge is 0.271 e. The molecule has 0 bridgehead atoms. The quantitative estimate of drug-likeness (QED) is 0.831. The zero-order valence-electron chi connectivity index (χ0n) is 9.91. The Morgan fingerprint density at radius 2 is 1.72 bits per heavy atom. The van der Waals surface area contributed by atoms with Crippen LogP contribution >= 0.6 is 11.6 Å². The molecular weight excluding hydrogens is 248 g/mol. The Hall–Kier alpha value is -2.00. The standard InChI is InChI=1S/C14H13ClN2O/c1-10-6-8-11(9-7-10)16-17-14(18)12-4-2-3-5-13(12)15/h2-9,16H,1H3,(H,17,18). The number of anilines is 1. The fourth-order valence-electron chi connectivity index (χ4n) is 1.48. The lowest BCUT2D eigenvalue weighted by molar-refractivity contribution is 0.0963. The number of carbonyl (C=O) groups is 1. The van der Waals surface area contributed by atoms with E-state index in [0.717, 1.165) is 11.3 Å². The molecule has 1 amide bonds. The summed E-state index contributed by atoms with van der Waals surface area (Å²) in [7, 11) is 0. The molecule has 18 heavy (non-hydrogen) atoms. The molecule has 0 unspecified atom stereocenters. The van der Waals surface area contributed by atoms with Gasteiger partial charge in [-0.25, -0.2) is 0 Å². The van der Waals surface area contributed by atoms with Crippen LogP contribution in [0, 0.1) is 6.92 Å². The Balaban J connectivity index is 2.01. The van der Waals surface area contributed by atoms with Gasteiger partial charge in [-0.15, -0.1) is 0 Å². The molecule has 2 N–H and O–H groups in total. The van der Waals surface area contributed by atoms with Crippen LogP contribution < -0.4 is 10.9 Å². The van der Waals surface area contributed by atoms with E-state index in [0.29, 0.717) is 10.6 Å². The van der Waals surface area contributed by atoms with Gasteiger partial charge in [-0.05, 0) is 31.2 Å². The van der Waals surface area contributed by atoms with Crippen molar-refractivity contribution in [2.45, 2.75) is 6.92 Å². The average molecular weight is 261 g/mol. The highest BCUT2D eigenvalue weighted by Gasteiger charge is 2.08. The predicted molar refractivity (Wildman–Crippen MR) is 73.7 cm³/mol. The van der Waals surface area contributed by atoms with E-state index in [-0.39, 0.29) is 5.91 Å². The van der Waals surface area contributed by atoms with Crippen molar-refractivity contribution < 1.29 is 4.79 Å². The van der Waals surface area contributed by atoms with Crippen LogP contribution in [-0.2, 0) is 0 Å². The third kappa shape index (κ3) is 3.02. The van der Waals surface area contributed by atoms with E-state index in [4.69, 9.17) is 11.6 Å². The lowest BCUT2D eigenvalue weighted by atomic mass is 10.2. The molecule has 0 aliphatic carbocycles. The highest BCUT2D eigenvalue weighted by atomic mass is 35.5. The molecule has 3 nitrogen and oxygen atoms in total. The maximum Gasteiger partial charge on any atom is 0.271 e. The van der Waals surface area contributed by atoms with Crippen molar-refractivity contribution in [1.29, 1.82) is 0 Å². The normalized spacial score (nSPS) is 9.89. The average Bonchev–Trinajstić information content (AvgIpc) is 2.38. The number of hydrazine groups is 1. The van der Waals surface area contributed by atoms with E-state index in [1.807, 2.05) is 31.2 Å². The van der Waals surface area contributed by atoms with Gasteiger partial charge in [0.15, 0.2) is 0 Å². The first-order valence-corrected chi connectivity index (χ1v) is 5.92. The molecule has 0 spiro atoms. The number of benzene rings is 2. The molecule has 0 fully saturated rings. The fraction of sp³-hybridized carbons (Fsp3) is 0.0714. The molecule has 4 heteroatoms. The van der Waals surface area contributed by atoms with E-state index in [9.17, 15) is 4.79 Å². The second-order valence-corrected chi connectivity index (χ2v) is 4.33.